The molecular weight excluding hydrogens is 278 g/mol. The Bertz CT molecular complexity index is 292. The van der Waals surface area contributed by atoms with Crippen molar-refractivity contribution < 1.29 is 14.3 Å². The number of carbonyl (C=O) groups is 2. The second kappa shape index (κ2) is 15.0. The van der Waals surface area contributed by atoms with Gasteiger partial charge in [0.1, 0.15) is 6.04 Å². The van der Waals surface area contributed by atoms with Crippen LogP contribution in [0.1, 0.15) is 90.9 Å². The van der Waals surface area contributed by atoms with Crippen LogP contribution >= 0.6 is 0 Å². The zero-order valence-electron chi connectivity index (χ0n) is 14.8. The van der Waals surface area contributed by atoms with Crippen LogP contribution in [-0.2, 0) is 14.3 Å². The van der Waals surface area contributed by atoms with Crippen LogP contribution in [0, 0.1) is 0 Å². The van der Waals surface area contributed by atoms with E-state index in [4.69, 9.17) is 4.74 Å². The molecule has 0 aromatic heterocycles. The number of ether oxygens (including phenoxy) is 1. The molecule has 0 aromatic rings. The van der Waals surface area contributed by atoms with Crippen molar-refractivity contribution in [3.63, 3.8) is 0 Å². The average molecular weight is 313 g/mol. The van der Waals surface area contributed by atoms with Gasteiger partial charge in [0.05, 0.1) is 0 Å². The fourth-order valence-corrected chi connectivity index (χ4v) is 2.30. The Kier molecular flexibility index (Phi) is 14.4. The third kappa shape index (κ3) is 12.8. The smallest absolute Gasteiger partial charge is 0.330 e. The Morgan fingerprint density at radius 2 is 1.32 bits per heavy atom. The molecule has 1 atom stereocenters. The van der Waals surface area contributed by atoms with E-state index in [0.717, 1.165) is 12.8 Å². The van der Waals surface area contributed by atoms with Gasteiger partial charge in [0.25, 0.3) is 0 Å². The number of carbonyl (C=O) groups excluding carboxylic acids is 2. The Hall–Kier alpha value is -0.900. The molecule has 0 rings (SSSR count). The molecule has 0 unspecified atom stereocenters. The van der Waals surface area contributed by atoms with Gasteiger partial charge in [0.15, 0.2) is 0 Å². The summed E-state index contributed by atoms with van der Waals surface area (Å²) in [6, 6.07) is -0.429. The van der Waals surface area contributed by atoms with Gasteiger partial charge in [-0.3, -0.25) is 4.79 Å². The van der Waals surface area contributed by atoms with Gasteiger partial charge in [-0.1, -0.05) is 71.1 Å². The molecule has 0 saturated heterocycles. The van der Waals surface area contributed by atoms with Crippen LogP contribution in [0.15, 0.2) is 0 Å². The van der Waals surface area contributed by atoms with Crippen LogP contribution in [0.3, 0.4) is 0 Å². The molecule has 0 aliphatic heterocycles. The van der Waals surface area contributed by atoms with E-state index < -0.39 is 18.0 Å². The number of hydrogen-bond acceptors (Lipinski definition) is 4. The van der Waals surface area contributed by atoms with Gasteiger partial charge < -0.3 is 10.1 Å². The fourth-order valence-electron chi connectivity index (χ4n) is 2.30. The summed E-state index contributed by atoms with van der Waals surface area (Å²) in [5.74, 6) is -0.890. The van der Waals surface area contributed by atoms with E-state index in [1.807, 2.05) is 0 Å². The Labute approximate surface area is 136 Å². The molecule has 4 heteroatoms. The highest BCUT2D eigenvalue weighted by Crippen LogP contribution is 2.12. The van der Waals surface area contributed by atoms with E-state index in [2.05, 4.69) is 12.2 Å². The van der Waals surface area contributed by atoms with Crippen molar-refractivity contribution >= 4 is 11.9 Å². The molecule has 0 aromatic carbocycles. The minimum absolute atomic E-state index is 0.346. The summed E-state index contributed by atoms with van der Waals surface area (Å²) < 4.78 is 4.75. The van der Waals surface area contributed by atoms with E-state index in [1.165, 1.54) is 57.8 Å². The highest BCUT2D eigenvalue weighted by molar-refractivity contribution is 5.88. The summed E-state index contributed by atoms with van der Waals surface area (Å²) in [5.41, 5.74) is 0. The third-order valence-electron chi connectivity index (χ3n) is 3.99. The Morgan fingerprint density at radius 3 is 1.77 bits per heavy atom. The number of unbranched alkanes of at least 4 members (excludes halogenated alkanes) is 10. The predicted molar refractivity (Wildman–Crippen MR) is 90.7 cm³/mol. The first-order valence-electron chi connectivity index (χ1n) is 9.03. The molecule has 0 fully saturated rings. The van der Waals surface area contributed by atoms with E-state index >= 15 is 0 Å². The maximum atomic E-state index is 11.5. The van der Waals surface area contributed by atoms with Crippen molar-refractivity contribution in [1.82, 2.24) is 5.32 Å². The predicted octanol–water partition coefficient (Wildman–Crippen LogP) is 4.37. The average Bonchev–Trinajstić information content (AvgIpc) is 2.51. The first-order chi connectivity index (χ1) is 10.6. The van der Waals surface area contributed by atoms with Gasteiger partial charge >= 0.3 is 11.9 Å². The van der Waals surface area contributed by atoms with Crippen molar-refractivity contribution in [2.45, 2.75) is 96.9 Å². The summed E-state index contributed by atoms with van der Waals surface area (Å²) in [5, 5.41) is 2.76. The monoisotopic (exact) mass is 313 g/mol. The number of esters is 2. The summed E-state index contributed by atoms with van der Waals surface area (Å²) in [6.07, 6.45) is 14.0. The zero-order chi connectivity index (χ0) is 16.6. The Balaban J connectivity index is 3.32. The van der Waals surface area contributed by atoms with Crippen molar-refractivity contribution in [2.24, 2.45) is 0 Å². The molecule has 22 heavy (non-hydrogen) atoms. The van der Waals surface area contributed by atoms with Gasteiger partial charge in [-0.2, -0.15) is 0 Å². The SMILES string of the molecule is CCCCCCCCCCCCCC(=O)OC(=O)[C@H](C)NC. The highest BCUT2D eigenvalue weighted by atomic mass is 16.6. The van der Waals surface area contributed by atoms with Gasteiger partial charge in [0, 0.05) is 6.42 Å². The second-order valence-electron chi connectivity index (χ2n) is 6.09. The van der Waals surface area contributed by atoms with Crippen LogP contribution in [0.4, 0.5) is 0 Å². The molecule has 0 radical (unpaired) electrons. The van der Waals surface area contributed by atoms with E-state index in [9.17, 15) is 9.59 Å². The summed E-state index contributed by atoms with van der Waals surface area (Å²) >= 11 is 0. The lowest BCUT2D eigenvalue weighted by Crippen LogP contribution is -2.33. The van der Waals surface area contributed by atoms with E-state index in [1.54, 1.807) is 14.0 Å². The van der Waals surface area contributed by atoms with E-state index in [-0.39, 0.29) is 0 Å². The largest absolute Gasteiger partial charge is 0.392 e. The molecule has 0 amide bonds. The second-order valence-corrected chi connectivity index (χ2v) is 6.09. The number of rotatable bonds is 14. The zero-order valence-corrected chi connectivity index (χ0v) is 14.8. The number of nitrogens with one attached hydrogen (secondary N) is 1. The van der Waals surface area contributed by atoms with Gasteiger partial charge in [-0.05, 0) is 20.4 Å². The van der Waals surface area contributed by atoms with Crippen molar-refractivity contribution in [1.29, 1.82) is 0 Å². The lowest BCUT2D eigenvalue weighted by molar-refractivity contribution is -0.160. The standard InChI is InChI=1S/C18H35NO3/c1-4-5-6-7-8-9-10-11-12-13-14-15-17(20)22-18(21)16(2)19-3/h16,19H,4-15H2,1-3H3/t16-/m0/s1. The molecule has 0 aliphatic rings. The maximum Gasteiger partial charge on any atom is 0.330 e. The number of likely N-dealkylation sites (N-methyl/N-ethyl adjacent to an activating group) is 1. The van der Waals surface area contributed by atoms with Crippen molar-refractivity contribution in [2.75, 3.05) is 7.05 Å². The molecule has 130 valence electrons. The minimum Gasteiger partial charge on any atom is -0.392 e. The summed E-state index contributed by atoms with van der Waals surface area (Å²) in [4.78, 5) is 22.8. The van der Waals surface area contributed by atoms with Crippen LogP contribution in [0.25, 0.3) is 0 Å². The molecular formula is C18H35NO3. The van der Waals surface area contributed by atoms with Crippen LogP contribution in [0.5, 0.6) is 0 Å². The highest BCUT2D eigenvalue weighted by Gasteiger charge is 2.15. The first-order valence-corrected chi connectivity index (χ1v) is 9.03. The van der Waals surface area contributed by atoms with Crippen molar-refractivity contribution in [3.8, 4) is 0 Å². The minimum atomic E-state index is -0.490. The van der Waals surface area contributed by atoms with Crippen LogP contribution in [0.2, 0.25) is 0 Å². The lowest BCUT2D eigenvalue weighted by atomic mass is 10.1. The normalized spacial score (nSPS) is 12.1. The topological polar surface area (TPSA) is 55.4 Å². The molecule has 0 heterocycles. The van der Waals surface area contributed by atoms with Crippen LogP contribution < -0.4 is 5.32 Å². The van der Waals surface area contributed by atoms with Crippen molar-refractivity contribution in [3.05, 3.63) is 0 Å². The molecule has 0 saturated carbocycles. The quantitative estimate of drug-likeness (QED) is 0.294. The first kappa shape index (κ1) is 21.1. The molecule has 0 spiro atoms. The fraction of sp³-hybridized carbons (Fsp3) is 0.889. The number of hydrogen-bond donors (Lipinski definition) is 1. The van der Waals surface area contributed by atoms with Gasteiger partial charge in [0.2, 0.25) is 0 Å². The van der Waals surface area contributed by atoms with Crippen LogP contribution in [-0.4, -0.2) is 25.0 Å². The molecule has 4 nitrogen and oxygen atoms in total. The summed E-state index contributed by atoms with van der Waals surface area (Å²) in [6.45, 7) is 3.92. The lowest BCUT2D eigenvalue weighted by Gasteiger charge is -2.08. The molecule has 1 N–H and O–H groups in total. The maximum absolute atomic E-state index is 11.5. The summed E-state index contributed by atoms with van der Waals surface area (Å²) in [7, 11) is 1.67. The van der Waals surface area contributed by atoms with E-state index in [0.29, 0.717) is 6.42 Å². The molecule has 0 bridgehead atoms. The van der Waals surface area contributed by atoms with Gasteiger partial charge in [-0.25, -0.2) is 4.79 Å². The van der Waals surface area contributed by atoms with Gasteiger partial charge in [-0.15, -0.1) is 0 Å². The Morgan fingerprint density at radius 1 is 0.864 bits per heavy atom. The third-order valence-corrected chi connectivity index (χ3v) is 3.99. The molecule has 0 aliphatic carbocycles.